The number of methoxy groups -OCH3 is 1. The van der Waals surface area contributed by atoms with Crippen molar-refractivity contribution in [3.63, 3.8) is 0 Å². The van der Waals surface area contributed by atoms with Gasteiger partial charge in [0.1, 0.15) is 5.75 Å². The molecule has 0 saturated heterocycles. The molecule has 0 aliphatic rings. The fraction of sp³-hybridized carbons (Fsp3) is 0.211. The maximum Gasteiger partial charge on any atom is 0.322 e. The van der Waals surface area contributed by atoms with Gasteiger partial charge in [0.2, 0.25) is 11.8 Å². The van der Waals surface area contributed by atoms with Crippen molar-refractivity contribution in [1.82, 2.24) is 10.2 Å². The van der Waals surface area contributed by atoms with Gasteiger partial charge in [-0.1, -0.05) is 29.4 Å². The molecule has 1 heterocycles. The van der Waals surface area contributed by atoms with E-state index in [1.165, 1.54) is 5.56 Å². The Labute approximate surface area is 145 Å². The van der Waals surface area contributed by atoms with E-state index < -0.39 is 0 Å². The van der Waals surface area contributed by atoms with E-state index in [-0.39, 0.29) is 18.3 Å². The first-order chi connectivity index (χ1) is 12.0. The van der Waals surface area contributed by atoms with Crippen molar-refractivity contribution in [2.24, 2.45) is 0 Å². The van der Waals surface area contributed by atoms with Crippen LogP contribution >= 0.6 is 0 Å². The molecule has 0 fully saturated rings. The summed E-state index contributed by atoms with van der Waals surface area (Å²) in [5.41, 5.74) is 4.02. The van der Waals surface area contributed by atoms with E-state index in [2.05, 4.69) is 15.5 Å². The number of nitrogens with zero attached hydrogens (tertiary/aromatic N) is 2. The van der Waals surface area contributed by atoms with Crippen molar-refractivity contribution < 1.29 is 13.9 Å². The number of hydrogen-bond acceptors (Lipinski definition) is 5. The summed E-state index contributed by atoms with van der Waals surface area (Å²) in [6, 6.07) is 13.3. The standard InChI is InChI=1S/C19H19N3O3/c1-12-7-8-14(9-13(12)2)10-17(23)20-19-22-21-18(25-19)15-5-4-6-16(11-15)24-3/h4-9,11H,10H2,1-3H3,(H,20,22,23). The summed E-state index contributed by atoms with van der Waals surface area (Å²) in [6.07, 6.45) is 0.248. The average Bonchev–Trinajstić information content (AvgIpc) is 3.06. The highest BCUT2D eigenvalue weighted by molar-refractivity contribution is 5.90. The Hall–Kier alpha value is -3.15. The number of hydrogen-bond donors (Lipinski definition) is 1. The number of rotatable bonds is 5. The summed E-state index contributed by atoms with van der Waals surface area (Å²) in [7, 11) is 1.59. The first-order valence-corrected chi connectivity index (χ1v) is 7.89. The van der Waals surface area contributed by atoms with Gasteiger partial charge in [-0.2, -0.15) is 0 Å². The molecule has 0 saturated carbocycles. The molecule has 1 amide bonds. The van der Waals surface area contributed by atoms with Gasteiger partial charge in [0.25, 0.3) is 0 Å². The van der Waals surface area contributed by atoms with Gasteiger partial charge in [0.15, 0.2) is 0 Å². The Balaban J connectivity index is 1.68. The summed E-state index contributed by atoms with van der Waals surface area (Å²) in [5, 5.41) is 10.5. The van der Waals surface area contributed by atoms with Crippen molar-refractivity contribution in [2.45, 2.75) is 20.3 Å². The Bertz CT molecular complexity index is 902. The molecular formula is C19H19N3O3. The van der Waals surface area contributed by atoms with Crippen molar-refractivity contribution >= 4 is 11.9 Å². The summed E-state index contributed by atoms with van der Waals surface area (Å²) in [5.74, 6) is 0.806. The molecule has 3 aromatic rings. The zero-order chi connectivity index (χ0) is 17.8. The molecule has 0 bridgehead atoms. The number of nitrogens with one attached hydrogen (secondary N) is 1. The third-order valence-electron chi connectivity index (χ3n) is 3.92. The van der Waals surface area contributed by atoms with Crippen molar-refractivity contribution in [2.75, 3.05) is 12.4 Å². The smallest absolute Gasteiger partial charge is 0.322 e. The molecule has 1 N–H and O–H groups in total. The average molecular weight is 337 g/mol. The van der Waals surface area contributed by atoms with Crippen LogP contribution in [0.15, 0.2) is 46.9 Å². The summed E-state index contributed by atoms with van der Waals surface area (Å²) >= 11 is 0. The molecule has 2 aromatic carbocycles. The number of carbonyl (C=O) groups is 1. The highest BCUT2D eigenvalue weighted by Gasteiger charge is 2.12. The van der Waals surface area contributed by atoms with Gasteiger partial charge in [0, 0.05) is 5.56 Å². The fourth-order valence-electron chi connectivity index (χ4n) is 2.41. The maximum atomic E-state index is 12.2. The van der Waals surface area contributed by atoms with E-state index in [0.29, 0.717) is 11.6 Å². The lowest BCUT2D eigenvalue weighted by Crippen LogP contribution is -2.14. The highest BCUT2D eigenvalue weighted by atomic mass is 16.5. The number of carbonyl (C=O) groups excluding carboxylic acids is 1. The first-order valence-electron chi connectivity index (χ1n) is 7.89. The van der Waals surface area contributed by atoms with Crippen LogP contribution in [0.25, 0.3) is 11.5 Å². The Morgan fingerprint density at radius 2 is 1.96 bits per heavy atom. The fourth-order valence-corrected chi connectivity index (χ4v) is 2.41. The Morgan fingerprint density at radius 1 is 1.12 bits per heavy atom. The van der Waals surface area contributed by atoms with Crippen molar-refractivity contribution in [1.29, 1.82) is 0 Å². The third kappa shape index (κ3) is 4.03. The molecule has 3 rings (SSSR count). The van der Waals surface area contributed by atoms with Crippen LogP contribution in [0.5, 0.6) is 5.75 Å². The number of anilines is 1. The normalized spacial score (nSPS) is 10.5. The van der Waals surface area contributed by atoms with Gasteiger partial charge in [-0.05, 0) is 48.7 Å². The van der Waals surface area contributed by atoms with Crippen LogP contribution in [-0.4, -0.2) is 23.2 Å². The van der Waals surface area contributed by atoms with Crippen molar-refractivity contribution in [3.8, 4) is 17.2 Å². The molecule has 6 nitrogen and oxygen atoms in total. The zero-order valence-corrected chi connectivity index (χ0v) is 14.4. The first kappa shape index (κ1) is 16.7. The van der Waals surface area contributed by atoms with Gasteiger partial charge >= 0.3 is 6.01 Å². The Morgan fingerprint density at radius 3 is 2.72 bits per heavy atom. The largest absolute Gasteiger partial charge is 0.497 e. The minimum absolute atomic E-state index is 0.0756. The molecular weight excluding hydrogens is 318 g/mol. The lowest BCUT2D eigenvalue weighted by Gasteiger charge is -2.04. The molecule has 6 heteroatoms. The predicted octanol–water partition coefficient (Wildman–Crippen LogP) is 3.54. The molecule has 128 valence electrons. The number of aromatic nitrogens is 2. The maximum absolute atomic E-state index is 12.2. The van der Waals surface area contributed by atoms with Gasteiger partial charge in [-0.25, -0.2) is 0 Å². The second kappa shape index (κ2) is 7.17. The zero-order valence-electron chi connectivity index (χ0n) is 14.4. The van der Waals surface area contributed by atoms with Gasteiger partial charge < -0.3 is 9.15 Å². The molecule has 0 unspecified atom stereocenters. The lowest BCUT2D eigenvalue weighted by atomic mass is 10.0. The quantitative estimate of drug-likeness (QED) is 0.770. The third-order valence-corrected chi connectivity index (χ3v) is 3.92. The van der Waals surface area contributed by atoms with Crippen LogP contribution < -0.4 is 10.1 Å². The minimum Gasteiger partial charge on any atom is -0.497 e. The van der Waals surface area contributed by atoms with Gasteiger partial charge in [0.05, 0.1) is 13.5 Å². The van der Waals surface area contributed by atoms with Crippen LogP contribution in [0.3, 0.4) is 0 Å². The monoisotopic (exact) mass is 337 g/mol. The van der Waals surface area contributed by atoms with Crippen molar-refractivity contribution in [3.05, 3.63) is 59.2 Å². The molecule has 1 aromatic heterocycles. The predicted molar refractivity (Wildman–Crippen MR) is 94.5 cm³/mol. The summed E-state index contributed by atoms with van der Waals surface area (Å²) < 4.78 is 10.7. The van der Waals surface area contributed by atoms with E-state index in [9.17, 15) is 4.79 Å². The van der Waals surface area contributed by atoms with E-state index in [1.54, 1.807) is 13.2 Å². The highest BCUT2D eigenvalue weighted by Crippen LogP contribution is 2.23. The van der Waals surface area contributed by atoms with Crippen LogP contribution in [0.2, 0.25) is 0 Å². The second-order valence-corrected chi connectivity index (χ2v) is 5.79. The number of aryl methyl sites for hydroxylation is 2. The molecule has 0 radical (unpaired) electrons. The topological polar surface area (TPSA) is 77.3 Å². The molecule has 0 atom stereocenters. The minimum atomic E-state index is -0.205. The molecule has 25 heavy (non-hydrogen) atoms. The number of ether oxygens (including phenoxy) is 1. The molecule has 0 aliphatic heterocycles. The van der Waals surface area contributed by atoms with E-state index >= 15 is 0 Å². The van der Waals surface area contributed by atoms with Crippen LogP contribution in [-0.2, 0) is 11.2 Å². The van der Waals surface area contributed by atoms with E-state index in [0.717, 1.165) is 16.7 Å². The van der Waals surface area contributed by atoms with E-state index in [4.69, 9.17) is 9.15 Å². The number of benzene rings is 2. The SMILES string of the molecule is COc1cccc(-c2nnc(NC(=O)Cc3ccc(C)c(C)c3)o2)c1. The lowest BCUT2D eigenvalue weighted by molar-refractivity contribution is -0.115. The summed E-state index contributed by atoms with van der Waals surface area (Å²) in [4.78, 5) is 12.2. The number of amides is 1. The second-order valence-electron chi connectivity index (χ2n) is 5.79. The Kier molecular flexibility index (Phi) is 4.79. The van der Waals surface area contributed by atoms with Gasteiger partial charge in [-0.15, -0.1) is 5.10 Å². The molecule has 0 aliphatic carbocycles. The van der Waals surface area contributed by atoms with Gasteiger partial charge in [-0.3, -0.25) is 10.1 Å². The summed E-state index contributed by atoms with van der Waals surface area (Å²) in [6.45, 7) is 4.06. The van der Waals surface area contributed by atoms with E-state index in [1.807, 2.05) is 50.2 Å². The van der Waals surface area contributed by atoms with Crippen LogP contribution in [0.1, 0.15) is 16.7 Å². The van der Waals surface area contributed by atoms with Crippen LogP contribution in [0, 0.1) is 13.8 Å². The van der Waals surface area contributed by atoms with Crippen LogP contribution in [0.4, 0.5) is 6.01 Å². The molecule has 0 spiro atoms.